The second kappa shape index (κ2) is 9.12. The van der Waals surface area contributed by atoms with Crippen molar-refractivity contribution in [1.82, 2.24) is 19.8 Å². The number of rotatable bonds is 6. The molecule has 0 amide bonds. The minimum atomic E-state index is -0.343. The zero-order valence-corrected chi connectivity index (χ0v) is 19.6. The quantitative estimate of drug-likeness (QED) is 0.437. The Morgan fingerprint density at radius 2 is 2.00 bits per heavy atom. The maximum absolute atomic E-state index is 12.1. The van der Waals surface area contributed by atoms with E-state index in [-0.39, 0.29) is 18.1 Å². The Labute approximate surface area is 194 Å². The Balaban J connectivity index is 1.82. The number of carbonyl (C=O) groups excluding carboxylic acids is 1. The van der Waals surface area contributed by atoms with E-state index in [0.717, 1.165) is 40.8 Å². The maximum atomic E-state index is 12.1. The Morgan fingerprint density at radius 1 is 1.19 bits per heavy atom. The van der Waals surface area contributed by atoms with E-state index in [2.05, 4.69) is 46.6 Å². The fraction of sp³-hybridized carbons (Fsp3) is 0.320. The average molecular weight is 449 g/mol. The van der Waals surface area contributed by atoms with Crippen molar-refractivity contribution in [2.45, 2.75) is 39.3 Å². The summed E-state index contributed by atoms with van der Waals surface area (Å²) < 4.78 is 7.09. The monoisotopic (exact) mass is 448 g/mol. The number of nitrogens with one attached hydrogen (secondary N) is 1. The first-order chi connectivity index (χ1) is 15.5. The molecular formula is C25H28N4O2S. The number of methoxy groups -OCH3 is 1. The third-order valence-electron chi connectivity index (χ3n) is 5.98. The van der Waals surface area contributed by atoms with Crippen LogP contribution in [-0.2, 0) is 4.74 Å². The molecule has 7 heteroatoms. The SMILES string of the molecule is CCCN1C(=S)N[C@@H](c2ccccn2)[C@H]1c1cc(C)n(-c2cccc(C(=O)OC)c2)c1C. The highest BCUT2D eigenvalue weighted by Crippen LogP contribution is 2.41. The molecule has 2 atom stereocenters. The van der Waals surface area contributed by atoms with E-state index in [1.165, 1.54) is 12.7 Å². The first kappa shape index (κ1) is 22.0. The van der Waals surface area contributed by atoms with Gasteiger partial charge < -0.3 is 19.5 Å². The zero-order chi connectivity index (χ0) is 22.8. The summed E-state index contributed by atoms with van der Waals surface area (Å²) in [5.41, 5.74) is 5.83. The molecule has 1 aliphatic heterocycles. The average Bonchev–Trinajstić information content (AvgIpc) is 3.29. The van der Waals surface area contributed by atoms with Crippen molar-refractivity contribution in [2.75, 3.05) is 13.7 Å². The Bertz CT molecular complexity index is 1140. The van der Waals surface area contributed by atoms with Gasteiger partial charge in [0.2, 0.25) is 0 Å². The molecule has 2 aromatic heterocycles. The third kappa shape index (κ3) is 3.88. The van der Waals surface area contributed by atoms with Crippen LogP contribution in [0.3, 0.4) is 0 Å². The summed E-state index contributed by atoms with van der Waals surface area (Å²) in [5, 5.41) is 4.26. The summed E-state index contributed by atoms with van der Waals surface area (Å²) in [6.07, 6.45) is 2.81. The maximum Gasteiger partial charge on any atom is 0.337 e. The second-order valence-corrected chi connectivity index (χ2v) is 8.41. The molecular weight excluding hydrogens is 420 g/mol. The van der Waals surface area contributed by atoms with Gasteiger partial charge in [-0.15, -0.1) is 0 Å². The van der Waals surface area contributed by atoms with Gasteiger partial charge in [-0.05, 0) is 74.4 Å². The van der Waals surface area contributed by atoms with Crippen LogP contribution in [0.15, 0.2) is 54.7 Å². The Kier molecular flexibility index (Phi) is 6.28. The summed E-state index contributed by atoms with van der Waals surface area (Å²) in [6, 6.07) is 15.7. The summed E-state index contributed by atoms with van der Waals surface area (Å²) in [5.74, 6) is -0.343. The fourth-order valence-corrected chi connectivity index (χ4v) is 4.93. The lowest BCUT2D eigenvalue weighted by atomic mass is 9.96. The number of aryl methyl sites for hydroxylation is 1. The highest BCUT2D eigenvalue weighted by molar-refractivity contribution is 7.80. The predicted molar refractivity (Wildman–Crippen MR) is 129 cm³/mol. The first-order valence-electron chi connectivity index (χ1n) is 10.8. The number of carbonyl (C=O) groups is 1. The second-order valence-electron chi connectivity index (χ2n) is 8.02. The van der Waals surface area contributed by atoms with Gasteiger partial charge in [0.1, 0.15) is 0 Å². The van der Waals surface area contributed by atoms with E-state index >= 15 is 0 Å². The topological polar surface area (TPSA) is 59.4 Å². The molecule has 166 valence electrons. The highest BCUT2D eigenvalue weighted by Gasteiger charge is 2.40. The van der Waals surface area contributed by atoms with Crippen molar-refractivity contribution in [3.05, 3.63) is 82.9 Å². The van der Waals surface area contributed by atoms with Gasteiger partial charge in [-0.2, -0.15) is 0 Å². The molecule has 1 aromatic carbocycles. The van der Waals surface area contributed by atoms with Gasteiger partial charge >= 0.3 is 5.97 Å². The van der Waals surface area contributed by atoms with E-state index in [4.69, 9.17) is 17.0 Å². The fourth-order valence-electron chi connectivity index (χ4n) is 4.60. The van der Waals surface area contributed by atoms with E-state index in [1.54, 1.807) is 6.07 Å². The number of thiocarbonyl (C=S) groups is 1. The lowest BCUT2D eigenvalue weighted by Crippen LogP contribution is -2.30. The molecule has 0 bridgehead atoms. The highest BCUT2D eigenvalue weighted by atomic mass is 32.1. The molecule has 1 aliphatic rings. The molecule has 3 heterocycles. The minimum Gasteiger partial charge on any atom is -0.465 e. The molecule has 0 unspecified atom stereocenters. The molecule has 0 radical (unpaired) electrons. The van der Waals surface area contributed by atoms with Crippen LogP contribution in [0.4, 0.5) is 0 Å². The Morgan fingerprint density at radius 3 is 2.69 bits per heavy atom. The number of nitrogens with zero attached hydrogens (tertiary/aromatic N) is 3. The smallest absolute Gasteiger partial charge is 0.337 e. The van der Waals surface area contributed by atoms with Gasteiger partial charge in [-0.3, -0.25) is 4.98 Å². The van der Waals surface area contributed by atoms with Crippen molar-refractivity contribution in [2.24, 2.45) is 0 Å². The standard InChI is InChI=1S/C25H28N4O2S/c1-5-13-28-23(22(27-25(28)32)21-11-6-7-12-26-21)20-14-16(2)29(17(20)3)19-10-8-9-18(15-19)24(30)31-4/h6-12,14-15,22-23H,5,13H2,1-4H3,(H,27,32)/t22-,23+/m0/s1. The predicted octanol–water partition coefficient (Wildman–Crippen LogP) is 4.66. The van der Waals surface area contributed by atoms with Crippen LogP contribution in [0.25, 0.3) is 5.69 Å². The van der Waals surface area contributed by atoms with E-state index in [1.807, 2.05) is 42.6 Å². The van der Waals surface area contributed by atoms with E-state index in [9.17, 15) is 4.79 Å². The molecule has 0 saturated carbocycles. The number of esters is 1. The number of ether oxygens (including phenoxy) is 1. The first-order valence-corrected chi connectivity index (χ1v) is 11.2. The minimum absolute atomic E-state index is 0.0288. The normalized spacial score (nSPS) is 18.0. The number of aromatic nitrogens is 2. The molecule has 0 spiro atoms. The van der Waals surface area contributed by atoms with Gasteiger partial charge in [0.15, 0.2) is 5.11 Å². The van der Waals surface area contributed by atoms with Gasteiger partial charge in [-0.25, -0.2) is 4.79 Å². The van der Waals surface area contributed by atoms with Crippen LogP contribution in [0.1, 0.15) is 58.4 Å². The number of pyridine rings is 1. The van der Waals surface area contributed by atoms with Gasteiger partial charge in [0.05, 0.1) is 30.5 Å². The van der Waals surface area contributed by atoms with Crippen LogP contribution in [0, 0.1) is 13.8 Å². The van der Waals surface area contributed by atoms with Gasteiger partial charge in [0.25, 0.3) is 0 Å². The van der Waals surface area contributed by atoms with Crippen molar-refractivity contribution in [1.29, 1.82) is 0 Å². The molecule has 1 fully saturated rings. The van der Waals surface area contributed by atoms with Crippen molar-refractivity contribution in [3.63, 3.8) is 0 Å². The molecule has 3 aromatic rings. The number of hydrogen-bond donors (Lipinski definition) is 1. The van der Waals surface area contributed by atoms with Crippen LogP contribution in [0.2, 0.25) is 0 Å². The number of hydrogen-bond acceptors (Lipinski definition) is 4. The van der Waals surface area contributed by atoms with E-state index < -0.39 is 0 Å². The van der Waals surface area contributed by atoms with Crippen molar-refractivity contribution < 1.29 is 9.53 Å². The summed E-state index contributed by atoms with van der Waals surface area (Å²) in [7, 11) is 1.40. The summed E-state index contributed by atoms with van der Waals surface area (Å²) in [6.45, 7) is 7.23. The van der Waals surface area contributed by atoms with Crippen LogP contribution < -0.4 is 5.32 Å². The van der Waals surface area contributed by atoms with E-state index in [0.29, 0.717) is 5.56 Å². The van der Waals surface area contributed by atoms with Gasteiger partial charge in [-0.1, -0.05) is 19.1 Å². The third-order valence-corrected chi connectivity index (χ3v) is 6.33. The van der Waals surface area contributed by atoms with Crippen molar-refractivity contribution >= 4 is 23.3 Å². The Hall–Kier alpha value is -3.19. The van der Waals surface area contributed by atoms with Crippen molar-refractivity contribution in [3.8, 4) is 5.69 Å². The van der Waals surface area contributed by atoms with Crippen LogP contribution in [0.5, 0.6) is 0 Å². The lowest BCUT2D eigenvalue weighted by Gasteiger charge is -2.27. The van der Waals surface area contributed by atoms with Crippen LogP contribution >= 0.6 is 12.2 Å². The zero-order valence-electron chi connectivity index (χ0n) is 18.8. The molecule has 4 rings (SSSR count). The molecule has 0 aliphatic carbocycles. The summed E-state index contributed by atoms with van der Waals surface area (Å²) >= 11 is 5.72. The largest absolute Gasteiger partial charge is 0.465 e. The number of benzene rings is 1. The molecule has 1 saturated heterocycles. The molecule has 1 N–H and O–H groups in total. The molecule has 6 nitrogen and oxygen atoms in total. The van der Waals surface area contributed by atoms with Crippen LogP contribution in [-0.4, -0.2) is 39.2 Å². The lowest BCUT2D eigenvalue weighted by molar-refractivity contribution is 0.0600. The van der Waals surface area contributed by atoms with Gasteiger partial charge in [0, 0.05) is 29.8 Å². The summed E-state index contributed by atoms with van der Waals surface area (Å²) in [4.78, 5) is 18.9. The molecule has 32 heavy (non-hydrogen) atoms.